The SMILES string of the molecule is N#Cc1ccccc1CN1C(=O)S/C(=C/c2ccc(OCc3ccc([N+](=O)[O-])cc3)cc2)C1=O. The molecule has 0 radical (unpaired) electrons. The molecule has 0 aromatic heterocycles. The highest BCUT2D eigenvalue weighted by molar-refractivity contribution is 8.18. The van der Waals surface area contributed by atoms with Crippen LogP contribution in [0.3, 0.4) is 0 Å². The third kappa shape index (κ3) is 5.14. The van der Waals surface area contributed by atoms with E-state index in [1.165, 1.54) is 12.1 Å². The van der Waals surface area contributed by atoms with Gasteiger partial charge in [-0.25, -0.2) is 0 Å². The van der Waals surface area contributed by atoms with Gasteiger partial charge < -0.3 is 4.74 Å². The number of nitro groups is 1. The molecule has 1 saturated heterocycles. The van der Waals surface area contributed by atoms with E-state index in [0.717, 1.165) is 27.8 Å². The number of carbonyl (C=O) groups excluding carboxylic acids is 2. The summed E-state index contributed by atoms with van der Waals surface area (Å²) in [5, 5.41) is 19.6. The second-order valence-electron chi connectivity index (χ2n) is 7.32. The maximum atomic E-state index is 12.8. The zero-order valence-electron chi connectivity index (χ0n) is 17.7. The average molecular weight is 471 g/mol. The van der Waals surface area contributed by atoms with E-state index in [9.17, 15) is 25.0 Å². The molecule has 34 heavy (non-hydrogen) atoms. The molecule has 0 bridgehead atoms. The smallest absolute Gasteiger partial charge is 0.293 e. The molecule has 0 spiro atoms. The van der Waals surface area contributed by atoms with Gasteiger partial charge in [0.15, 0.2) is 0 Å². The molecular formula is C25H17N3O5S. The van der Waals surface area contributed by atoms with E-state index in [0.29, 0.717) is 21.8 Å². The number of ether oxygens (including phenoxy) is 1. The van der Waals surface area contributed by atoms with Gasteiger partial charge in [-0.15, -0.1) is 0 Å². The van der Waals surface area contributed by atoms with Crippen molar-refractivity contribution in [2.24, 2.45) is 0 Å². The van der Waals surface area contributed by atoms with Crippen molar-refractivity contribution in [3.05, 3.63) is 110 Å². The molecule has 3 aromatic carbocycles. The van der Waals surface area contributed by atoms with Crippen molar-refractivity contribution < 1.29 is 19.2 Å². The van der Waals surface area contributed by atoms with Crippen molar-refractivity contribution in [1.82, 2.24) is 4.90 Å². The van der Waals surface area contributed by atoms with E-state index in [4.69, 9.17) is 4.74 Å². The van der Waals surface area contributed by atoms with Crippen LogP contribution >= 0.6 is 11.8 Å². The largest absolute Gasteiger partial charge is 0.489 e. The molecule has 1 heterocycles. The maximum Gasteiger partial charge on any atom is 0.293 e. The second kappa shape index (κ2) is 10.0. The van der Waals surface area contributed by atoms with E-state index in [1.807, 2.05) is 0 Å². The lowest BCUT2D eigenvalue weighted by Crippen LogP contribution is -2.27. The summed E-state index contributed by atoms with van der Waals surface area (Å²) in [6.45, 7) is 0.293. The van der Waals surface area contributed by atoms with Gasteiger partial charge in [0.25, 0.3) is 16.8 Å². The van der Waals surface area contributed by atoms with Crippen LogP contribution in [-0.2, 0) is 17.9 Å². The molecule has 0 saturated carbocycles. The van der Waals surface area contributed by atoms with Gasteiger partial charge in [0.05, 0.1) is 28.0 Å². The summed E-state index contributed by atoms with van der Waals surface area (Å²) in [5.74, 6) is 0.193. The topological polar surface area (TPSA) is 114 Å². The summed E-state index contributed by atoms with van der Waals surface area (Å²) in [6.07, 6.45) is 1.64. The quantitative estimate of drug-likeness (QED) is 0.262. The number of nitriles is 1. The molecule has 0 aliphatic carbocycles. The van der Waals surface area contributed by atoms with Crippen LogP contribution < -0.4 is 4.74 Å². The number of hydrogen-bond donors (Lipinski definition) is 0. The summed E-state index contributed by atoms with van der Waals surface area (Å²) < 4.78 is 5.71. The van der Waals surface area contributed by atoms with Crippen LogP contribution in [0.2, 0.25) is 0 Å². The molecule has 1 aliphatic heterocycles. The number of amides is 2. The van der Waals surface area contributed by atoms with Crippen LogP contribution in [-0.4, -0.2) is 21.0 Å². The van der Waals surface area contributed by atoms with Crippen LogP contribution in [0.5, 0.6) is 5.75 Å². The zero-order valence-corrected chi connectivity index (χ0v) is 18.5. The predicted molar refractivity (Wildman–Crippen MR) is 127 cm³/mol. The Balaban J connectivity index is 1.40. The van der Waals surface area contributed by atoms with Gasteiger partial charge in [-0.3, -0.25) is 24.6 Å². The fourth-order valence-corrected chi connectivity index (χ4v) is 4.10. The Morgan fingerprint density at radius 2 is 1.74 bits per heavy atom. The van der Waals surface area contributed by atoms with E-state index in [1.54, 1.807) is 66.7 Å². The summed E-state index contributed by atoms with van der Waals surface area (Å²) in [6, 6.07) is 22.1. The normalized spacial score (nSPS) is 14.3. The molecule has 9 heteroatoms. The maximum absolute atomic E-state index is 12.8. The number of non-ortho nitro benzene ring substituents is 1. The Kier molecular flexibility index (Phi) is 6.71. The number of nitrogens with zero attached hydrogens (tertiary/aromatic N) is 3. The van der Waals surface area contributed by atoms with Gasteiger partial charge in [-0.2, -0.15) is 5.26 Å². The van der Waals surface area contributed by atoms with Crippen LogP contribution in [0, 0.1) is 21.4 Å². The Hall–Kier alpha value is -4.42. The van der Waals surface area contributed by atoms with Crippen LogP contribution in [0.4, 0.5) is 10.5 Å². The number of nitro benzene ring substituents is 1. The Labute approximate surface area is 199 Å². The lowest BCUT2D eigenvalue weighted by Gasteiger charge is -2.13. The fraction of sp³-hybridized carbons (Fsp3) is 0.0800. The van der Waals surface area contributed by atoms with Crippen molar-refractivity contribution in [2.45, 2.75) is 13.2 Å². The molecule has 0 N–H and O–H groups in total. The molecule has 168 valence electrons. The first kappa shape index (κ1) is 22.8. The molecule has 1 fully saturated rings. The number of thioether (sulfide) groups is 1. The number of benzene rings is 3. The first-order chi connectivity index (χ1) is 16.4. The van der Waals surface area contributed by atoms with Gasteiger partial charge in [-0.1, -0.05) is 30.3 Å². The van der Waals surface area contributed by atoms with Gasteiger partial charge in [0, 0.05) is 12.1 Å². The van der Waals surface area contributed by atoms with Gasteiger partial charge >= 0.3 is 0 Å². The minimum atomic E-state index is -0.455. The summed E-state index contributed by atoms with van der Waals surface area (Å²) in [7, 11) is 0. The highest BCUT2D eigenvalue weighted by Crippen LogP contribution is 2.34. The third-order valence-electron chi connectivity index (χ3n) is 5.07. The fourth-order valence-electron chi connectivity index (χ4n) is 3.27. The third-order valence-corrected chi connectivity index (χ3v) is 5.98. The highest BCUT2D eigenvalue weighted by atomic mass is 32.2. The number of imide groups is 1. The minimum Gasteiger partial charge on any atom is -0.489 e. The van der Waals surface area contributed by atoms with Crippen molar-refractivity contribution in [2.75, 3.05) is 0 Å². The second-order valence-corrected chi connectivity index (χ2v) is 8.31. The van der Waals surface area contributed by atoms with Crippen LogP contribution in [0.25, 0.3) is 6.08 Å². The van der Waals surface area contributed by atoms with Crippen LogP contribution in [0.15, 0.2) is 77.7 Å². The number of rotatable bonds is 7. The standard InChI is InChI=1S/C25H17N3O5S/c26-14-19-3-1-2-4-20(19)15-27-24(29)23(34-25(27)30)13-17-7-11-22(12-8-17)33-16-18-5-9-21(10-6-18)28(31)32/h1-13H,15-16H2/b23-13+. The first-order valence-corrected chi connectivity index (χ1v) is 11.0. The highest BCUT2D eigenvalue weighted by Gasteiger charge is 2.35. The lowest BCUT2D eigenvalue weighted by molar-refractivity contribution is -0.384. The van der Waals surface area contributed by atoms with Crippen LogP contribution in [0.1, 0.15) is 22.3 Å². The van der Waals surface area contributed by atoms with E-state index < -0.39 is 10.8 Å². The van der Waals surface area contributed by atoms with Crippen molar-refractivity contribution >= 4 is 34.7 Å². The summed E-state index contributed by atoms with van der Waals surface area (Å²) >= 11 is 0.861. The lowest BCUT2D eigenvalue weighted by atomic mass is 10.1. The monoisotopic (exact) mass is 471 g/mol. The molecular weight excluding hydrogens is 454 g/mol. The van der Waals surface area contributed by atoms with Gasteiger partial charge in [-0.05, 0) is 64.9 Å². The molecule has 2 amide bonds. The summed E-state index contributed by atoms with van der Waals surface area (Å²) in [4.78, 5) is 36.9. The van der Waals surface area contributed by atoms with E-state index in [2.05, 4.69) is 6.07 Å². The molecule has 0 unspecified atom stereocenters. The van der Waals surface area contributed by atoms with E-state index in [-0.39, 0.29) is 24.1 Å². The van der Waals surface area contributed by atoms with E-state index >= 15 is 0 Å². The van der Waals surface area contributed by atoms with Crippen molar-refractivity contribution in [1.29, 1.82) is 5.26 Å². The van der Waals surface area contributed by atoms with Gasteiger partial charge in [0.2, 0.25) is 0 Å². The first-order valence-electron chi connectivity index (χ1n) is 10.1. The Bertz CT molecular complexity index is 1330. The number of carbonyl (C=O) groups is 2. The predicted octanol–water partition coefficient (Wildman–Crippen LogP) is 5.28. The summed E-state index contributed by atoms with van der Waals surface area (Å²) in [5.41, 5.74) is 2.58. The van der Waals surface area contributed by atoms with Crippen molar-refractivity contribution in [3.63, 3.8) is 0 Å². The molecule has 8 nitrogen and oxygen atoms in total. The van der Waals surface area contributed by atoms with Crippen molar-refractivity contribution in [3.8, 4) is 11.8 Å². The van der Waals surface area contributed by atoms with Gasteiger partial charge in [0.1, 0.15) is 12.4 Å². The average Bonchev–Trinajstić information content (AvgIpc) is 3.11. The molecule has 0 atom stereocenters. The number of hydrogen-bond acceptors (Lipinski definition) is 7. The molecule has 1 aliphatic rings. The Morgan fingerprint density at radius 3 is 2.41 bits per heavy atom. The minimum absolute atomic E-state index is 0.0202. The molecule has 3 aromatic rings. The Morgan fingerprint density at radius 1 is 1.03 bits per heavy atom. The molecule has 4 rings (SSSR count). The zero-order chi connectivity index (χ0) is 24.1.